The number of carbonyl (C=O) groups is 1. The fraction of sp³-hybridized carbons (Fsp3) is 0.111. The van der Waals surface area contributed by atoms with Crippen molar-refractivity contribution in [3.63, 3.8) is 0 Å². The van der Waals surface area contributed by atoms with Gasteiger partial charge in [-0.25, -0.2) is 4.79 Å². The minimum atomic E-state index is -4.43. The minimum absolute atomic E-state index is 0.149. The third-order valence-corrected chi connectivity index (χ3v) is 3.68. The molecule has 2 N–H and O–H groups in total. The summed E-state index contributed by atoms with van der Waals surface area (Å²) in [7, 11) is 0. The third kappa shape index (κ3) is 3.55. The summed E-state index contributed by atoms with van der Waals surface area (Å²) in [6.07, 6.45) is -4.43. The number of fused-ring (bicyclic) bond motifs is 1. The SMILES string of the molecule is Cc1cc(Nc2ccc(C(=O)O)cc2)c2ccc(C(F)(F)F)cc2n1. The highest BCUT2D eigenvalue weighted by Crippen LogP contribution is 2.33. The Balaban J connectivity index is 2.02. The number of hydrogen-bond donors (Lipinski definition) is 2. The molecule has 0 unspecified atom stereocenters. The van der Waals surface area contributed by atoms with E-state index in [1.807, 2.05) is 0 Å². The van der Waals surface area contributed by atoms with E-state index in [1.54, 1.807) is 25.1 Å². The Bertz CT molecular complexity index is 951. The molecule has 3 rings (SSSR count). The first-order chi connectivity index (χ1) is 11.7. The molecule has 0 aliphatic heterocycles. The van der Waals surface area contributed by atoms with Crippen LogP contribution in [0.5, 0.6) is 0 Å². The van der Waals surface area contributed by atoms with Crippen molar-refractivity contribution < 1.29 is 23.1 Å². The predicted molar refractivity (Wildman–Crippen MR) is 88.2 cm³/mol. The van der Waals surface area contributed by atoms with Crippen LogP contribution in [0.25, 0.3) is 10.9 Å². The van der Waals surface area contributed by atoms with Crippen molar-refractivity contribution in [2.24, 2.45) is 0 Å². The third-order valence-electron chi connectivity index (χ3n) is 3.68. The summed E-state index contributed by atoms with van der Waals surface area (Å²) >= 11 is 0. The standard InChI is InChI=1S/C18H13F3N2O2/c1-10-8-15(23-13-5-2-11(3-6-13)17(24)25)14-7-4-12(18(19,20)21)9-16(14)22-10/h2-9H,1H3,(H,22,23)(H,24,25). The average molecular weight is 346 g/mol. The molecule has 0 amide bonds. The zero-order valence-electron chi connectivity index (χ0n) is 13.1. The van der Waals surface area contributed by atoms with E-state index in [1.165, 1.54) is 18.2 Å². The normalized spacial score (nSPS) is 11.5. The molecule has 0 atom stereocenters. The van der Waals surface area contributed by atoms with Crippen LogP contribution in [0.2, 0.25) is 0 Å². The van der Waals surface area contributed by atoms with Gasteiger partial charge in [0.15, 0.2) is 0 Å². The Morgan fingerprint density at radius 3 is 2.36 bits per heavy atom. The average Bonchev–Trinajstić information content (AvgIpc) is 2.53. The van der Waals surface area contributed by atoms with Crippen LogP contribution in [0.1, 0.15) is 21.6 Å². The number of aromatic nitrogens is 1. The minimum Gasteiger partial charge on any atom is -0.478 e. The summed E-state index contributed by atoms with van der Waals surface area (Å²) in [6.45, 7) is 1.69. The van der Waals surface area contributed by atoms with Crippen molar-refractivity contribution in [3.8, 4) is 0 Å². The van der Waals surface area contributed by atoms with Crippen LogP contribution in [0, 0.1) is 6.92 Å². The molecule has 0 bridgehead atoms. The van der Waals surface area contributed by atoms with E-state index in [0.717, 1.165) is 12.1 Å². The summed E-state index contributed by atoms with van der Waals surface area (Å²) in [5, 5.41) is 12.6. The highest BCUT2D eigenvalue weighted by molar-refractivity contribution is 5.94. The monoisotopic (exact) mass is 346 g/mol. The first-order valence-electron chi connectivity index (χ1n) is 7.33. The van der Waals surface area contributed by atoms with Gasteiger partial charge in [-0.05, 0) is 49.4 Å². The molecule has 0 radical (unpaired) electrons. The number of aryl methyl sites for hydroxylation is 1. The number of halogens is 3. The second-order valence-corrected chi connectivity index (χ2v) is 5.55. The fourth-order valence-electron chi connectivity index (χ4n) is 2.49. The van der Waals surface area contributed by atoms with Crippen LogP contribution in [0.3, 0.4) is 0 Å². The number of aromatic carboxylic acids is 1. The Morgan fingerprint density at radius 2 is 1.76 bits per heavy atom. The second kappa shape index (κ2) is 6.08. The van der Waals surface area contributed by atoms with Gasteiger partial charge in [-0.15, -0.1) is 0 Å². The van der Waals surface area contributed by atoms with Gasteiger partial charge in [-0.1, -0.05) is 6.07 Å². The van der Waals surface area contributed by atoms with E-state index in [0.29, 0.717) is 22.5 Å². The van der Waals surface area contributed by atoms with Gasteiger partial charge in [0, 0.05) is 22.5 Å². The highest BCUT2D eigenvalue weighted by Gasteiger charge is 2.30. The van der Waals surface area contributed by atoms with Gasteiger partial charge in [0.05, 0.1) is 16.6 Å². The lowest BCUT2D eigenvalue weighted by atomic mass is 10.1. The zero-order valence-corrected chi connectivity index (χ0v) is 13.1. The van der Waals surface area contributed by atoms with Crippen LogP contribution in [0.15, 0.2) is 48.5 Å². The van der Waals surface area contributed by atoms with E-state index in [2.05, 4.69) is 10.3 Å². The maximum atomic E-state index is 12.9. The molecule has 4 nitrogen and oxygen atoms in total. The lowest BCUT2D eigenvalue weighted by Gasteiger charge is -2.13. The van der Waals surface area contributed by atoms with Gasteiger partial charge in [-0.3, -0.25) is 4.98 Å². The van der Waals surface area contributed by atoms with Crippen LogP contribution < -0.4 is 5.32 Å². The summed E-state index contributed by atoms with van der Waals surface area (Å²) in [4.78, 5) is 15.1. The first-order valence-corrected chi connectivity index (χ1v) is 7.33. The van der Waals surface area contributed by atoms with E-state index in [-0.39, 0.29) is 11.1 Å². The Morgan fingerprint density at radius 1 is 1.08 bits per heavy atom. The number of carboxylic acids is 1. The molecule has 0 aliphatic carbocycles. The molecule has 1 aromatic heterocycles. The van der Waals surface area contributed by atoms with Gasteiger partial charge in [0.1, 0.15) is 0 Å². The number of carboxylic acid groups (broad SMARTS) is 1. The number of pyridine rings is 1. The largest absolute Gasteiger partial charge is 0.478 e. The maximum absolute atomic E-state index is 12.9. The topological polar surface area (TPSA) is 62.2 Å². The predicted octanol–water partition coefficient (Wildman–Crippen LogP) is 5.00. The smallest absolute Gasteiger partial charge is 0.416 e. The number of nitrogens with one attached hydrogen (secondary N) is 1. The van der Waals surface area contributed by atoms with Crippen LogP contribution in [-0.2, 0) is 6.18 Å². The summed E-state index contributed by atoms with van der Waals surface area (Å²) < 4.78 is 38.6. The number of anilines is 2. The van der Waals surface area contributed by atoms with E-state index < -0.39 is 17.7 Å². The molecule has 2 aromatic carbocycles. The number of alkyl halides is 3. The molecule has 128 valence electrons. The molecular formula is C18H13F3N2O2. The van der Waals surface area contributed by atoms with Gasteiger partial charge < -0.3 is 10.4 Å². The Labute approximate surface area is 140 Å². The molecule has 0 aliphatic rings. The molecule has 0 spiro atoms. The summed E-state index contributed by atoms with van der Waals surface area (Å²) in [5.41, 5.74) is 1.41. The molecule has 7 heteroatoms. The molecule has 25 heavy (non-hydrogen) atoms. The molecule has 1 heterocycles. The van der Waals surface area contributed by atoms with Crippen LogP contribution in [-0.4, -0.2) is 16.1 Å². The van der Waals surface area contributed by atoms with E-state index in [9.17, 15) is 18.0 Å². The van der Waals surface area contributed by atoms with Crippen molar-refractivity contribution in [1.82, 2.24) is 4.98 Å². The molecule has 0 saturated carbocycles. The van der Waals surface area contributed by atoms with Crippen molar-refractivity contribution in [3.05, 3.63) is 65.4 Å². The lowest BCUT2D eigenvalue weighted by Crippen LogP contribution is -2.05. The Kier molecular flexibility index (Phi) is 4.08. The van der Waals surface area contributed by atoms with Gasteiger partial charge in [0.25, 0.3) is 0 Å². The van der Waals surface area contributed by atoms with Gasteiger partial charge in [0.2, 0.25) is 0 Å². The van der Waals surface area contributed by atoms with Gasteiger partial charge >= 0.3 is 12.1 Å². The molecule has 0 saturated heterocycles. The molecule has 3 aromatic rings. The zero-order chi connectivity index (χ0) is 18.2. The number of benzene rings is 2. The lowest BCUT2D eigenvalue weighted by molar-refractivity contribution is -0.137. The van der Waals surface area contributed by atoms with E-state index in [4.69, 9.17) is 5.11 Å². The van der Waals surface area contributed by atoms with Crippen molar-refractivity contribution in [1.29, 1.82) is 0 Å². The fourth-order valence-corrected chi connectivity index (χ4v) is 2.49. The number of rotatable bonds is 3. The molecular weight excluding hydrogens is 333 g/mol. The number of nitrogens with zero attached hydrogens (tertiary/aromatic N) is 1. The number of hydrogen-bond acceptors (Lipinski definition) is 3. The molecule has 0 fully saturated rings. The van der Waals surface area contributed by atoms with E-state index >= 15 is 0 Å². The first kappa shape index (κ1) is 16.8. The summed E-state index contributed by atoms with van der Waals surface area (Å²) in [6, 6.07) is 11.2. The quantitative estimate of drug-likeness (QED) is 0.700. The van der Waals surface area contributed by atoms with Crippen molar-refractivity contribution in [2.75, 3.05) is 5.32 Å². The Hall–Kier alpha value is -3.09. The van der Waals surface area contributed by atoms with Crippen molar-refractivity contribution in [2.45, 2.75) is 13.1 Å². The van der Waals surface area contributed by atoms with Crippen molar-refractivity contribution >= 4 is 28.2 Å². The second-order valence-electron chi connectivity index (χ2n) is 5.55. The van der Waals surface area contributed by atoms with Crippen LogP contribution in [0.4, 0.5) is 24.5 Å². The maximum Gasteiger partial charge on any atom is 0.416 e. The van der Waals surface area contributed by atoms with Crippen LogP contribution >= 0.6 is 0 Å². The highest BCUT2D eigenvalue weighted by atomic mass is 19.4. The summed E-state index contributed by atoms with van der Waals surface area (Å²) in [5.74, 6) is -1.03. The van der Waals surface area contributed by atoms with Gasteiger partial charge in [-0.2, -0.15) is 13.2 Å².